The number of hydrogen-bond donors (Lipinski definition) is 0. The van der Waals surface area contributed by atoms with Crippen LogP contribution in [0.3, 0.4) is 0 Å². The summed E-state index contributed by atoms with van der Waals surface area (Å²) in [7, 11) is 1.08. The van der Waals surface area contributed by atoms with E-state index < -0.39 is 10.0 Å². The van der Waals surface area contributed by atoms with E-state index in [4.69, 9.17) is 11.6 Å². The first-order valence-electron chi connectivity index (χ1n) is 8.13. The van der Waals surface area contributed by atoms with Crippen molar-refractivity contribution in [1.29, 1.82) is 0 Å². The SMILES string of the molecule is CC1CCC(N(C)C(=O)c2cc(S(=O)(=O)N(C)C)ccc2Cl)CC1. The van der Waals surface area contributed by atoms with Crippen LogP contribution in [0.15, 0.2) is 23.1 Å². The van der Waals surface area contributed by atoms with Gasteiger partial charge in [-0.3, -0.25) is 4.79 Å². The van der Waals surface area contributed by atoms with Crippen molar-refractivity contribution in [1.82, 2.24) is 9.21 Å². The zero-order valence-corrected chi connectivity index (χ0v) is 16.2. The Morgan fingerprint density at radius 3 is 2.25 bits per heavy atom. The third-order valence-corrected chi connectivity index (χ3v) is 6.94. The fourth-order valence-electron chi connectivity index (χ4n) is 3.03. The highest BCUT2D eigenvalue weighted by Crippen LogP contribution is 2.29. The zero-order valence-electron chi connectivity index (χ0n) is 14.6. The highest BCUT2D eigenvalue weighted by molar-refractivity contribution is 7.89. The van der Waals surface area contributed by atoms with Crippen LogP contribution in [-0.4, -0.2) is 50.7 Å². The Morgan fingerprint density at radius 1 is 1.12 bits per heavy atom. The molecule has 0 bridgehead atoms. The fraction of sp³-hybridized carbons (Fsp3) is 0.588. The van der Waals surface area contributed by atoms with E-state index in [2.05, 4.69) is 6.92 Å². The Hall–Kier alpha value is -1.11. The number of nitrogens with zero attached hydrogens (tertiary/aromatic N) is 2. The summed E-state index contributed by atoms with van der Waals surface area (Å²) in [5.41, 5.74) is 0.237. The minimum Gasteiger partial charge on any atom is -0.339 e. The lowest BCUT2D eigenvalue weighted by Gasteiger charge is -2.33. The summed E-state index contributed by atoms with van der Waals surface area (Å²) in [6, 6.07) is 4.46. The Bertz CT molecular complexity index is 711. The third kappa shape index (κ3) is 3.92. The Labute approximate surface area is 149 Å². The van der Waals surface area contributed by atoms with Gasteiger partial charge in [0.1, 0.15) is 0 Å². The summed E-state index contributed by atoms with van der Waals surface area (Å²) >= 11 is 6.17. The smallest absolute Gasteiger partial charge is 0.255 e. The van der Waals surface area contributed by atoms with E-state index in [9.17, 15) is 13.2 Å². The number of sulfonamides is 1. The number of rotatable bonds is 4. The lowest BCUT2D eigenvalue weighted by molar-refractivity contribution is 0.0679. The second-order valence-corrected chi connectivity index (χ2v) is 9.32. The van der Waals surface area contributed by atoms with E-state index in [1.54, 1.807) is 11.9 Å². The monoisotopic (exact) mass is 372 g/mol. The summed E-state index contributed by atoms with van der Waals surface area (Å²) in [6.07, 6.45) is 4.14. The second kappa shape index (κ2) is 7.42. The topological polar surface area (TPSA) is 57.7 Å². The van der Waals surface area contributed by atoms with Crippen molar-refractivity contribution >= 4 is 27.5 Å². The molecule has 7 heteroatoms. The molecule has 0 atom stereocenters. The zero-order chi connectivity index (χ0) is 18.1. The van der Waals surface area contributed by atoms with Crippen LogP contribution in [0.4, 0.5) is 0 Å². The van der Waals surface area contributed by atoms with Crippen molar-refractivity contribution in [3.05, 3.63) is 28.8 Å². The van der Waals surface area contributed by atoms with E-state index >= 15 is 0 Å². The molecule has 134 valence electrons. The van der Waals surface area contributed by atoms with Gasteiger partial charge in [-0.05, 0) is 49.8 Å². The summed E-state index contributed by atoms with van der Waals surface area (Å²) in [6.45, 7) is 2.23. The molecule has 0 spiro atoms. The average molecular weight is 373 g/mol. The van der Waals surface area contributed by atoms with Crippen LogP contribution in [0.25, 0.3) is 0 Å². The first kappa shape index (κ1) is 19.2. The van der Waals surface area contributed by atoms with Gasteiger partial charge in [0.2, 0.25) is 10.0 Å². The van der Waals surface area contributed by atoms with Crippen molar-refractivity contribution in [2.24, 2.45) is 5.92 Å². The number of benzene rings is 1. The summed E-state index contributed by atoms with van der Waals surface area (Å²) in [5.74, 6) is 0.470. The second-order valence-electron chi connectivity index (χ2n) is 6.76. The molecule has 2 rings (SSSR count). The molecule has 0 aliphatic heterocycles. The van der Waals surface area contributed by atoms with Gasteiger partial charge in [0, 0.05) is 27.2 Å². The van der Waals surface area contributed by atoms with Crippen molar-refractivity contribution in [3.63, 3.8) is 0 Å². The highest BCUT2D eigenvalue weighted by atomic mass is 35.5. The van der Waals surface area contributed by atoms with Gasteiger partial charge in [0.05, 0.1) is 15.5 Å². The molecule has 1 saturated carbocycles. The molecular weight excluding hydrogens is 348 g/mol. The molecule has 1 amide bonds. The van der Waals surface area contributed by atoms with Crippen LogP contribution in [0, 0.1) is 5.92 Å². The van der Waals surface area contributed by atoms with E-state index in [0.29, 0.717) is 5.92 Å². The predicted molar refractivity (Wildman–Crippen MR) is 95.8 cm³/mol. The quantitative estimate of drug-likeness (QED) is 0.815. The molecule has 1 aliphatic carbocycles. The van der Waals surface area contributed by atoms with Gasteiger partial charge in [-0.1, -0.05) is 18.5 Å². The lowest BCUT2D eigenvalue weighted by Crippen LogP contribution is -2.39. The Morgan fingerprint density at radius 2 is 1.71 bits per heavy atom. The average Bonchev–Trinajstić information content (AvgIpc) is 2.54. The molecule has 0 N–H and O–H groups in total. The summed E-state index contributed by atoms with van der Waals surface area (Å²) in [4.78, 5) is 14.6. The minimum absolute atomic E-state index is 0.0749. The van der Waals surface area contributed by atoms with E-state index in [0.717, 1.165) is 30.0 Å². The van der Waals surface area contributed by atoms with Crippen LogP contribution >= 0.6 is 11.6 Å². The molecule has 1 fully saturated rings. The maximum atomic E-state index is 12.8. The molecule has 0 saturated heterocycles. The van der Waals surface area contributed by atoms with Gasteiger partial charge in [-0.15, -0.1) is 0 Å². The van der Waals surface area contributed by atoms with Crippen molar-refractivity contribution in [2.45, 2.75) is 43.5 Å². The Kier molecular flexibility index (Phi) is 5.94. The molecule has 1 aromatic carbocycles. The maximum Gasteiger partial charge on any atom is 0.255 e. The molecule has 1 aliphatic rings. The number of carbonyl (C=O) groups is 1. The first-order valence-corrected chi connectivity index (χ1v) is 9.95. The molecule has 0 unspecified atom stereocenters. The van der Waals surface area contributed by atoms with Gasteiger partial charge in [-0.2, -0.15) is 0 Å². The Balaban J connectivity index is 2.29. The molecule has 1 aromatic rings. The van der Waals surface area contributed by atoms with Crippen LogP contribution in [0.2, 0.25) is 5.02 Å². The number of amides is 1. The normalized spacial score (nSPS) is 21.8. The van der Waals surface area contributed by atoms with Crippen LogP contribution < -0.4 is 0 Å². The number of hydrogen-bond acceptors (Lipinski definition) is 3. The van der Waals surface area contributed by atoms with Crippen LogP contribution in [-0.2, 0) is 10.0 Å². The summed E-state index contributed by atoms with van der Waals surface area (Å²) < 4.78 is 25.7. The van der Waals surface area contributed by atoms with Crippen LogP contribution in [0.1, 0.15) is 43.0 Å². The van der Waals surface area contributed by atoms with Gasteiger partial charge in [0.15, 0.2) is 0 Å². The number of halogens is 1. The minimum atomic E-state index is -3.60. The molecule has 0 heterocycles. The van der Waals surface area contributed by atoms with Crippen molar-refractivity contribution < 1.29 is 13.2 Å². The lowest BCUT2D eigenvalue weighted by atomic mass is 9.86. The van der Waals surface area contributed by atoms with Gasteiger partial charge >= 0.3 is 0 Å². The molecule has 24 heavy (non-hydrogen) atoms. The molecular formula is C17H25ClN2O3S. The van der Waals surface area contributed by atoms with Crippen LogP contribution in [0.5, 0.6) is 0 Å². The molecule has 0 aromatic heterocycles. The standard InChI is InChI=1S/C17H25ClN2O3S/c1-12-5-7-13(8-6-12)20(4)17(21)15-11-14(9-10-16(15)18)24(22,23)19(2)3/h9-13H,5-8H2,1-4H3. The van der Waals surface area contributed by atoms with Gasteiger partial charge < -0.3 is 4.90 Å². The molecule has 0 radical (unpaired) electrons. The van der Waals surface area contributed by atoms with Gasteiger partial charge in [-0.25, -0.2) is 12.7 Å². The summed E-state index contributed by atoms with van der Waals surface area (Å²) in [5, 5.41) is 0.272. The molecule has 5 nitrogen and oxygen atoms in total. The number of carbonyl (C=O) groups excluding carboxylic acids is 1. The van der Waals surface area contributed by atoms with E-state index in [1.165, 1.54) is 32.3 Å². The van der Waals surface area contributed by atoms with Crippen molar-refractivity contribution in [3.8, 4) is 0 Å². The van der Waals surface area contributed by atoms with E-state index in [1.807, 2.05) is 0 Å². The predicted octanol–water partition coefficient (Wildman–Crippen LogP) is 3.24. The largest absolute Gasteiger partial charge is 0.339 e. The van der Waals surface area contributed by atoms with Gasteiger partial charge in [0.25, 0.3) is 5.91 Å². The van der Waals surface area contributed by atoms with E-state index in [-0.39, 0.29) is 27.4 Å². The highest BCUT2D eigenvalue weighted by Gasteiger charge is 2.28. The fourth-order valence-corrected chi connectivity index (χ4v) is 4.15. The first-order chi connectivity index (χ1) is 11.1. The third-order valence-electron chi connectivity index (χ3n) is 4.80. The van der Waals surface area contributed by atoms with Crippen molar-refractivity contribution in [2.75, 3.05) is 21.1 Å². The maximum absolute atomic E-state index is 12.8.